The van der Waals surface area contributed by atoms with Gasteiger partial charge in [0.2, 0.25) is 0 Å². The van der Waals surface area contributed by atoms with Crippen LogP contribution >= 0.6 is 15.9 Å². The molecule has 0 fully saturated rings. The van der Waals surface area contributed by atoms with Crippen LogP contribution in [0.5, 0.6) is 11.5 Å². The largest absolute Gasteiger partial charge is 0.454 e. The summed E-state index contributed by atoms with van der Waals surface area (Å²) >= 11 is 3.35. The molecule has 0 aliphatic carbocycles. The van der Waals surface area contributed by atoms with Gasteiger partial charge in [0.1, 0.15) is 5.75 Å². The van der Waals surface area contributed by atoms with Crippen molar-refractivity contribution in [1.82, 2.24) is 5.32 Å². The summed E-state index contributed by atoms with van der Waals surface area (Å²) in [4.78, 5) is 0. The van der Waals surface area contributed by atoms with Crippen molar-refractivity contribution in [3.05, 3.63) is 58.3 Å². The molecule has 0 heterocycles. The highest BCUT2D eigenvalue weighted by atomic mass is 79.9. The first-order valence-electron chi connectivity index (χ1n) is 6.12. The van der Waals surface area contributed by atoms with Gasteiger partial charge >= 0.3 is 0 Å². The SMILES string of the molecule is CCNCc1cccc(F)c1Oc1ccc(Br)cc1. The second-order valence-corrected chi connectivity index (χ2v) is 4.98. The van der Waals surface area contributed by atoms with Crippen LogP contribution in [0.4, 0.5) is 4.39 Å². The van der Waals surface area contributed by atoms with Gasteiger partial charge in [0.15, 0.2) is 11.6 Å². The van der Waals surface area contributed by atoms with E-state index in [-0.39, 0.29) is 11.6 Å². The van der Waals surface area contributed by atoms with Gasteiger partial charge < -0.3 is 10.1 Å². The zero-order valence-corrected chi connectivity index (χ0v) is 12.2. The van der Waals surface area contributed by atoms with Gasteiger partial charge in [-0.25, -0.2) is 4.39 Å². The second-order valence-electron chi connectivity index (χ2n) is 4.06. The number of hydrogen-bond donors (Lipinski definition) is 1. The van der Waals surface area contributed by atoms with Gasteiger partial charge in [-0.2, -0.15) is 0 Å². The molecule has 19 heavy (non-hydrogen) atoms. The van der Waals surface area contributed by atoms with Gasteiger partial charge in [0, 0.05) is 16.6 Å². The third-order valence-electron chi connectivity index (χ3n) is 2.65. The molecule has 0 saturated carbocycles. The highest BCUT2D eigenvalue weighted by Gasteiger charge is 2.10. The van der Waals surface area contributed by atoms with Gasteiger partial charge in [-0.05, 0) is 36.9 Å². The number of hydrogen-bond acceptors (Lipinski definition) is 2. The van der Waals surface area contributed by atoms with Crippen molar-refractivity contribution >= 4 is 15.9 Å². The van der Waals surface area contributed by atoms with Crippen LogP contribution in [0.15, 0.2) is 46.9 Å². The average molecular weight is 324 g/mol. The molecule has 0 aliphatic heterocycles. The molecule has 0 saturated heterocycles. The van der Waals surface area contributed by atoms with Crippen molar-refractivity contribution in [3.63, 3.8) is 0 Å². The molecule has 0 radical (unpaired) electrons. The van der Waals surface area contributed by atoms with Gasteiger partial charge in [-0.15, -0.1) is 0 Å². The molecule has 0 amide bonds. The number of benzene rings is 2. The van der Waals surface area contributed by atoms with E-state index in [2.05, 4.69) is 21.2 Å². The summed E-state index contributed by atoms with van der Waals surface area (Å²) < 4.78 is 20.5. The maximum Gasteiger partial charge on any atom is 0.167 e. The van der Waals surface area contributed by atoms with E-state index in [0.717, 1.165) is 16.6 Å². The maximum atomic E-state index is 13.9. The minimum Gasteiger partial charge on any atom is -0.454 e. The number of nitrogens with one attached hydrogen (secondary N) is 1. The van der Waals surface area contributed by atoms with E-state index >= 15 is 0 Å². The van der Waals surface area contributed by atoms with Crippen LogP contribution < -0.4 is 10.1 Å². The molecule has 2 nitrogen and oxygen atoms in total. The lowest BCUT2D eigenvalue weighted by atomic mass is 10.2. The molecule has 0 atom stereocenters. The minimum absolute atomic E-state index is 0.283. The molecule has 0 aromatic heterocycles. The van der Waals surface area contributed by atoms with Crippen molar-refractivity contribution in [2.24, 2.45) is 0 Å². The first kappa shape index (κ1) is 14.0. The third-order valence-corrected chi connectivity index (χ3v) is 3.18. The van der Waals surface area contributed by atoms with Crippen molar-refractivity contribution in [2.45, 2.75) is 13.5 Å². The summed E-state index contributed by atoms with van der Waals surface area (Å²) in [6, 6.07) is 12.3. The van der Waals surface area contributed by atoms with Crippen molar-refractivity contribution in [3.8, 4) is 11.5 Å². The maximum absolute atomic E-state index is 13.9. The summed E-state index contributed by atoms with van der Waals surface area (Å²) in [7, 11) is 0. The summed E-state index contributed by atoms with van der Waals surface area (Å²) in [6.45, 7) is 3.42. The molecule has 0 bridgehead atoms. The Balaban J connectivity index is 2.25. The van der Waals surface area contributed by atoms with E-state index in [0.29, 0.717) is 12.3 Å². The highest BCUT2D eigenvalue weighted by molar-refractivity contribution is 9.10. The first-order chi connectivity index (χ1) is 9.20. The predicted molar refractivity (Wildman–Crippen MR) is 78.0 cm³/mol. The van der Waals surface area contributed by atoms with Gasteiger partial charge in [-0.1, -0.05) is 35.0 Å². The Morgan fingerprint density at radius 2 is 1.89 bits per heavy atom. The van der Waals surface area contributed by atoms with Gasteiger partial charge in [-0.3, -0.25) is 0 Å². The number of halogens is 2. The van der Waals surface area contributed by atoms with Crippen LogP contribution in [0, 0.1) is 5.82 Å². The van der Waals surface area contributed by atoms with Crippen molar-refractivity contribution in [1.29, 1.82) is 0 Å². The Bertz CT molecular complexity index is 542. The van der Waals surface area contributed by atoms with Crippen LogP contribution in [0.1, 0.15) is 12.5 Å². The number of para-hydroxylation sites is 1. The molecule has 2 aromatic carbocycles. The molecular formula is C15H15BrFNO. The fourth-order valence-electron chi connectivity index (χ4n) is 1.69. The first-order valence-corrected chi connectivity index (χ1v) is 6.91. The number of rotatable bonds is 5. The van der Waals surface area contributed by atoms with Gasteiger partial charge in [0.25, 0.3) is 0 Å². The second kappa shape index (κ2) is 6.68. The monoisotopic (exact) mass is 323 g/mol. The normalized spacial score (nSPS) is 10.5. The predicted octanol–water partition coefficient (Wildman–Crippen LogP) is 4.49. The molecule has 4 heteroatoms. The van der Waals surface area contributed by atoms with Crippen LogP contribution in [-0.2, 0) is 6.54 Å². The average Bonchev–Trinajstić information content (AvgIpc) is 2.42. The van der Waals surface area contributed by atoms with E-state index in [1.807, 2.05) is 25.1 Å². The fourth-order valence-corrected chi connectivity index (χ4v) is 1.95. The summed E-state index contributed by atoms with van der Waals surface area (Å²) in [5, 5.41) is 3.17. The lowest BCUT2D eigenvalue weighted by Gasteiger charge is -2.12. The topological polar surface area (TPSA) is 21.3 Å². The van der Waals surface area contributed by atoms with Crippen molar-refractivity contribution in [2.75, 3.05) is 6.54 Å². The Morgan fingerprint density at radius 1 is 1.16 bits per heavy atom. The molecule has 100 valence electrons. The standard InChI is InChI=1S/C15H15BrFNO/c1-2-18-10-11-4-3-5-14(17)15(11)19-13-8-6-12(16)7-9-13/h3-9,18H,2,10H2,1H3. The van der Waals surface area contributed by atoms with Crippen LogP contribution in [0.3, 0.4) is 0 Å². The molecular weight excluding hydrogens is 309 g/mol. The van der Waals surface area contributed by atoms with Gasteiger partial charge in [0.05, 0.1) is 0 Å². The quantitative estimate of drug-likeness (QED) is 0.875. The van der Waals surface area contributed by atoms with E-state index < -0.39 is 0 Å². The zero-order chi connectivity index (χ0) is 13.7. The van der Waals surface area contributed by atoms with Crippen LogP contribution in [0.25, 0.3) is 0 Å². The Kier molecular flexibility index (Phi) is 4.93. The molecule has 2 rings (SSSR count). The van der Waals surface area contributed by atoms with E-state index in [1.165, 1.54) is 6.07 Å². The molecule has 2 aromatic rings. The summed E-state index contributed by atoms with van der Waals surface area (Å²) in [5.41, 5.74) is 0.810. The summed E-state index contributed by atoms with van der Waals surface area (Å²) in [6.07, 6.45) is 0. The van der Waals surface area contributed by atoms with Crippen molar-refractivity contribution < 1.29 is 9.13 Å². The van der Waals surface area contributed by atoms with Crippen LogP contribution in [0.2, 0.25) is 0 Å². The van der Waals surface area contributed by atoms with E-state index in [4.69, 9.17) is 4.74 Å². The number of ether oxygens (including phenoxy) is 1. The Labute approximate surface area is 120 Å². The Morgan fingerprint density at radius 3 is 2.58 bits per heavy atom. The fraction of sp³-hybridized carbons (Fsp3) is 0.200. The lowest BCUT2D eigenvalue weighted by molar-refractivity contribution is 0.434. The molecule has 0 spiro atoms. The molecule has 1 N–H and O–H groups in total. The summed E-state index contributed by atoms with van der Waals surface area (Å²) in [5.74, 6) is 0.551. The van der Waals surface area contributed by atoms with E-state index in [9.17, 15) is 4.39 Å². The third kappa shape index (κ3) is 3.78. The highest BCUT2D eigenvalue weighted by Crippen LogP contribution is 2.29. The molecule has 0 aliphatic rings. The molecule has 0 unspecified atom stereocenters. The van der Waals surface area contributed by atoms with Crippen LogP contribution in [-0.4, -0.2) is 6.54 Å². The smallest absolute Gasteiger partial charge is 0.167 e. The lowest BCUT2D eigenvalue weighted by Crippen LogP contribution is -2.12. The minimum atomic E-state index is -0.349. The zero-order valence-electron chi connectivity index (χ0n) is 10.6. The Hall–Kier alpha value is -1.39. The van der Waals surface area contributed by atoms with E-state index in [1.54, 1.807) is 18.2 Å².